The number of nitrogens with zero attached hydrogens (tertiary/aromatic N) is 1. The van der Waals surface area contributed by atoms with E-state index in [0.717, 1.165) is 6.04 Å². The Morgan fingerprint density at radius 3 is 2.44 bits per heavy atom. The molecule has 0 spiro atoms. The first-order valence-electron chi connectivity index (χ1n) is 3.53. The highest BCUT2D eigenvalue weighted by atomic mass is 15.2. The van der Waals surface area contributed by atoms with Crippen LogP contribution in [-0.4, -0.2) is 38.1 Å². The van der Waals surface area contributed by atoms with Crippen molar-refractivity contribution in [2.75, 3.05) is 27.2 Å². The van der Waals surface area contributed by atoms with Gasteiger partial charge in [0.25, 0.3) is 0 Å². The van der Waals surface area contributed by atoms with Gasteiger partial charge in [0.15, 0.2) is 0 Å². The highest BCUT2D eigenvalue weighted by Crippen LogP contribution is 1.98. The molecule has 1 rings (SSSR count). The molecule has 54 valence electrons. The maximum Gasteiger partial charge on any atom is 0.0690 e. The van der Waals surface area contributed by atoms with Gasteiger partial charge in [-0.05, 0) is 14.1 Å². The first-order chi connectivity index (χ1) is 4.20. The van der Waals surface area contributed by atoms with E-state index >= 15 is 0 Å². The van der Waals surface area contributed by atoms with Crippen molar-refractivity contribution >= 4 is 0 Å². The zero-order valence-corrected chi connectivity index (χ0v) is 6.35. The molecule has 0 amide bonds. The highest BCUT2D eigenvalue weighted by molar-refractivity contribution is 4.68. The Morgan fingerprint density at radius 1 is 1.56 bits per heavy atom. The number of likely N-dealkylation sites (tertiary alicyclic amines) is 1. The molecule has 1 unspecified atom stereocenters. The van der Waals surface area contributed by atoms with Crippen LogP contribution >= 0.6 is 0 Å². The van der Waals surface area contributed by atoms with Gasteiger partial charge in [-0.2, -0.15) is 7.05 Å². The first kappa shape index (κ1) is 7.03. The highest BCUT2D eigenvalue weighted by Gasteiger charge is 2.21. The molecular weight excluding hydrogens is 112 g/mol. The van der Waals surface area contributed by atoms with Crippen molar-refractivity contribution in [3.63, 3.8) is 0 Å². The summed E-state index contributed by atoms with van der Waals surface area (Å²) in [5, 5.41) is 0. The fourth-order valence-electron chi connectivity index (χ4n) is 1.35. The molecule has 1 aliphatic heterocycles. The van der Waals surface area contributed by atoms with Crippen molar-refractivity contribution in [3.05, 3.63) is 7.05 Å². The minimum absolute atomic E-state index is 0.775. The van der Waals surface area contributed by atoms with E-state index in [1.54, 1.807) is 0 Å². The number of hydrogen-bond donors (Lipinski definition) is 1. The molecule has 0 aliphatic carbocycles. The van der Waals surface area contributed by atoms with Gasteiger partial charge >= 0.3 is 0 Å². The van der Waals surface area contributed by atoms with Gasteiger partial charge in [-0.3, -0.25) is 0 Å². The van der Waals surface area contributed by atoms with Crippen LogP contribution in [0.2, 0.25) is 0 Å². The van der Waals surface area contributed by atoms with Crippen LogP contribution in [0.5, 0.6) is 0 Å². The summed E-state index contributed by atoms with van der Waals surface area (Å²) in [5.74, 6) is 0. The summed E-state index contributed by atoms with van der Waals surface area (Å²) in [6.07, 6.45) is 1.31. The average molecular weight is 128 g/mol. The second-order valence-corrected chi connectivity index (χ2v) is 3.11. The Balaban J connectivity index is 2.30. The summed E-state index contributed by atoms with van der Waals surface area (Å²) < 4.78 is 0. The molecule has 0 aromatic carbocycles. The van der Waals surface area contributed by atoms with Crippen molar-refractivity contribution in [1.29, 1.82) is 0 Å². The lowest BCUT2D eigenvalue weighted by molar-refractivity contribution is -0.840. The summed E-state index contributed by atoms with van der Waals surface area (Å²) in [7, 11) is 8.24. The predicted octanol–water partition coefficient (Wildman–Crippen LogP) is -1.00. The van der Waals surface area contributed by atoms with Crippen LogP contribution < -0.4 is 4.90 Å². The van der Waals surface area contributed by atoms with Crippen molar-refractivity contribution in [2.24, 2.45) is 0 Å². The molecular formula is C7H16N2. The van der Waals surface area contributed by atoms with E-state index in [1.165, 1.54) is 24.4 Å². The molecule has 0 radical (unpaired) electrons. The summed E-state index contributed by atoms with van der Waals surface area (Å²) in [6.45, 7) is 2.45. The molecule has 2 nitrogen and oxygen atoms in total. The van der Waals surface area contributed by atoms with Crippen LogP contribution in [0.1, 0.15) is 6.42 Å². The normalized spacial score (nSPS) is 36.0. The third-order valence-corrected chi connectivity index (χ3v) is 2.09. The Labute approximate surface area is 57.4 Å². The second kappa shape index (κ2) is 2.67. The third kappa shape index (κ3) is 1.66. The number of likely N-dealkylation sites (N-methyl/N-ethyl adjacent to an activating group) is 1. The molecule has 2 atom stereocenters. The number of nitrogens with one attached hydrogen (secondary N) is 1. The third-order valence-electron chi connectivity index (χ3n) is 2.09. The lowest BCUT2D eigenvalue weighted by Crippen LogP contribution is -3.05. The first-order valence-corrected chi connectivity index (χ1v) is 3.53. The summed E-state index contributed by atoms with van der Waals surface area (Å²) in [5.41, 5.74) is 0. The van der Waals surface area contributed by atoms with E-state index in [0.29, 0.717) is 0 Å². The Hall–Kier alpha value is -0.0800. The van der Waals surface area contributed by atoms with Crippen LogP contribution in [0, 0.1) is 7.05 Å². The maximum absolute atomic E-state index is 3.96. The van der Waals surface area contributed by atoms with E-state index in [9.17, 15) is 0 Å². The van der Waals surface area contributed by atoms with E-state index in [-0.39, 0.29) is 0 Å². The quantitative estimate of drug-likeness (QED) is 0.445. The summed E-state index contributed by atoms with van der Waals surface area (Å²) >= 11 is 0. The van der Waals surface area contributed by atoms with E-state index < -0.39 is 0 Å². The minimum Gasteiger partial charge on any atom is -0.466 e. The van der Waals surface area contributed by atoms with Gasteiger partial charge in [-0.15, -0.1) is 0 Å². The fraction of sp³-hybridized carbons (Fsp3) is 0.857. The van der Waals surface area contributed by atoms with E-state index in [1.807, 2.05) is 0 Å². The van der Waals surface area contributed by atoms with Crippen LogP contribution in [0.3, 0.4) is 0 Å². The van der Waals surface area contributed by atoms with Gasteiger partial charge in [0.05, 0.1) is 19.1 Å². The predicted molar refractivity (Wildman–Crippen MR) is 38.1 cm³/mol. The Morgan fingerprint density at radius 2 is 2.22 bits per heavy atom. The SMILES string of the molecule is [CH2-][NH+]1CC[C@H](N(C)C)C1. The van der Waals surface area contributed by atoms with Crippen molar-refractivity contribution < 1.29 is 4.90 Å². The van der Waals surface area contributed by atoms with E-state index in [2.05, 4.69) is 26.0 Å². The molecule has 2 heteroatoms. The van der Waals surface area contributed by atoms with Gasteiger partial charge in [0.2, 0.25) is 0 Å². The molecule has 9 heavy (non-hydrogen) atoms. The number of quaternary nitrogens is 1. The Bertz CT molecular complexity index is 90.9. The van der Waals surface area contributed by atoms with Crippen LogP contribution in [-0.2, 0) is 0 Å². The summed E-state index contributed by atoms with van der Waals surface area (Å²) in [4.78, 5) is 3.71. The molecule has 1 fully saturated rings. The molecule has 0 saturated carbocycles. The smallest absolute Gasteiger partial charge is 0.0690 e. The van der Waals surface area contributed by atoms with Gasteiger partial charge in [0.1, 0.15) is 0 Å². The molecule has 1 saturated heterocycles. The zero-order chi connectivity index (χ0) is 6.85. The van der Waals surface area contributed by atoms with Crippen LogP contribution in [0.4, 0.5) is 0 Å². The van der Waals surface area contributed by atoms with Gasteiger partial charge in [-0.1, -0.05) is 0 Å². The standard InChI is InChI=1S/C7H16N2/c1-8(2)7-4-5-9(3)6-7/h7,9H,3-6H2,1-2H3/t7-/m0/s1. The maximum atomic E-state index is 3.96. The van der Waals surface area contributed by atoms with Gasteiger partial charge in [0, 0.05) is 6.42 Å². The number of rotatable bonds is 1. The van der Waals surface area contributed by atoms with Crippen LogP contribution in [0.25, 0.3) is 0 Å². The topological polar surface area (TPSA) is 7.68 Å². The molecule has 0 aromatic rings. The molecule has 0 bridgehead atoms. The molecule has 0 aromatic heterocycles. The summed E-state index contributed by atoms with van der Waals surface area (Å²) in [6, 6.07) is 0.775. The van der Waals surface area contributed by atoms with Gasteiger partial charge in [-0.25, -0.2) is 0 Å². The van der Waals surface area contributed by atoms with Gasteiger partial charge < -0.3 is 9.80 Å². The minimum atomic E-state index is 0.775. The largest absolute Gasteiger partial charge is 0.466 e. The van der Waals surface area contributed by atoms with Crippen molar-refractivity contribution in [1.82, 2.24) is 4.90 Å². The fourth-order valence-corrected chi connectivity index (χ4v) is 1.35. The van der Waals surface area contributed by atoms with E-state index in [4.69, 9.17) is 0 Å². The van der Waals surface area contributed by atoms with Crippen molar-refractivity contribution in [2.45, 2.75) is 12.5 Å². The average Bonchev–Trinajstić information content (AvgIpc) is 2.14. The second-order valence-electron chi connectivity index (χ2n) is 3.11. The lowest BCUT2D eigenvalue weighted by Gasteiger charge is -2.18. The van der Waals surface area contributed by atoms with Crippen LogP contribution in [0.15, 0.2) is 0 Å². The van der Waals surface area contributed by atoms with Crippen molar-refractivity contribution in [3.8, 4) is 0 Å². The monoisotopic (exact) mass is 128 g/mol. The lowest BCUT2D eigenvalue weighted by atomic mass is 10.2. The Kier molecular flexibility index (Phi) is 2.09. The zero-order valence-electron chi connectivity index (χ0n) is 6.35. The molecule has 1 N–H and O–H groups in total. The molecule has 1 aliphatic rings. The number of hydrogen-bond acceptors (Lipinski definition) is 1. The molecule has 1 heterocycles.